The third-order valence-electron chi connectivity index (χ3n) is 4.84. The molecule has 1 unspecified atom stereocenters. The number of hydrogen-bond donors (Lipinski definition) is 2. The van der Waals surface area contributed by atoms with Crippen LogP contribution in [0.4, 0.5) is 4.79 Å². The van der Waals surface area contributed by atoms with Gasteiger partial charge < -0.3 is 10.2 Å². The first-order valence-electron chi connectivity index (χ1n) is 8.88. The van der Waals surface area contributed by atoms with Crippen LogP contribution < -0.4 is 10.2 Å². The van der Waals surface area contributed by atoms with Crippen molar-refractivity contribution in [3.05, 3.63) is 69.9 Å². The highest BCUT2D eigenvalue weighted by molar-refractivity contribution is 7.16. The van der Waals surface area contributed by atoms with Crippen LogP contribution in [0.25, 0.3) is 0 Å². The van der Waals surface area contributed by atoms with Gasteiger partial charge in [-0.1, -0.05) is 55.4 Å². The van der Waals surface area contributed by atoms with Crippen LogP contribution in [0.1, 0.15) is 23.8 Å². The van der Waals surface area contributed by atoms with Crippen molar-refractivity contribution in [1.29, 1.82) is 0 Å². The summed E-state index contributed by atoms with van der Waals surface area (Å²) < 4.78 is 0.729. The highest BCUT2D eigenvalue weighted by Crippen LogP contribution is 2.31. The molecule has 5 nitrogen and oxygen atoms in total. The van der Waals surface area contributed by atoms with Gasteiger partial charge in [0.2, 0.25) is 0 Å². The quantitative estimate of drug-likeness (QED) is 0.525. The van der Waals surface area contributed by atoms with E-state index in [-0.39, 0.29) is 18.6 Å². The van der Waals surface area contributed by atoms with Crippen molar-refractivity contribution >= 4 is 34.9 Å². The van der Waals surface area contributed by atoms with Crippen molar-refractivity contribution in [3.8, 4) is 0 Å². The van der Waals surface area contributed by atoms with Gasteiger partial charge in [-0.3, -0.25) is 4.79 Å². The predicted molar refractivity (Wildman–Crippen MR) is 108 cm³/mol. The van der Waals surface area contributed by atoms with E-state index in [0.29, 0.717) is 19.5 Å². The van der Waals surface area contributed by atoms with E-state index in [0.717, 1.165) is 19.7 Å². The standard InChI is InChI=1S/C20H22ClN3O2S/c1-3-12-23(13-16-10-11-17(21)27-16)14-24-18(25)20(4-2,22-19(24)26)15-8-6-5-7-9-15/h3,5-11H,1,4,12-14H2,2H3,(H,22,26)/p+1/t20-/m1/s1. The first-order valence-corrected chi connectivity index (χ1v) is 10.1. The normalized spacial score (nSPS) is 20.6. The summed E-state index contributed by atoms with van der Waals surface area (Å²) in [5.41, 5.74) is -0.187. The average molecular weight is 405 g/mol. The Morgan fingerprint density at radius 1 is 1.26 bits per heavy atom. The zero-order valence-electron chi connectivity index (χ0n) is 15.2. The number of carbonyl (C=O) groups excluding carboxylic acids is 2. The Bertz CT molecular complexity index is 839. The van der Waals surface area contributed by atoms with Gasteiger partial charge in [0.15, 0.2) is 6.67 Å². The van der Waals surface area contributed by atoms with Crippen molar-refractivity contribution in [3.63, 3.8) is 0 Å². The van der Waals surface area contributed by atoms with Gasteiger partial charge in [0.25, 0.3) is 5.91 Å². The molecule has 1 aliphatic rings. The zero-order valence-corrected chi connectivity index (χ0v) is 16.8. The summed E-state index contributed by atoms with van der Waals surface area (Å²) in [5, 5.41) is 2.93. The van der Waals surface area contributed by atoms with Gasteiger partial charge >= 0.3 is 6.03 Å². The summed E-state index contributed by atoms with van der Waals surface area (Å²) in [5.74, 6) is -0.202. The summed E-state index contributed by atoms with van der Waals surface area (Å²) in [6.45, 7) is 7.30. The maximum absolute atomic E-state index is 13.3. The molecule has 3 amide bonds. The van der Waals surface area contributed by atoms with Crippen molar-refractivity contribution < 1.29 is 14.5 Å². The lowest BCUT2D eigenvalue weighted by Crippen LogP contribution is -3.12. The summed E-state index contributed by atoms with van der Waals surface area (Å²) >= 11 is 7.53. The molecule has 2 aromatic rings. The number of amides is 3. The number of quaternary nitrogens is 1. The lowest BCUT2D eigenvalue weighted by atomic mass is 9.87. The average Bonchev–Trinajstić information content (AvgIpc) is 3.18. The summed E-state index contributed by atoms with van der Waals surface area (Å²) in [6.07, 6.45) is 2.29. The van der Waals surface area contributed by atoms with Gasteiger partial charge in [0.1, 0.15) is 12.1 Å². The number of nitrogens with zero attached hydrogens (tertiary/aromatic N) is 1. The fourth-order valence-electron chi connectivity index (χ4n) is 3.45. The number of rotatable bonds is 8. The maximum Gasteiger partial charge on any atom is 0.329 e. The van der Waals surface area contributed by atoms with Gasteiger partial charge in [-0.25, -0.2) is 9.69 Å². The molecule has 1 fully saturated rings. The molecule has 2 N–H and O–H groups in total. The van der Waals surface area contributed by atoms with Crippen LogP contribution in [0.5, 0.6) is 0 Å². The van der Waals surface area contributed by atoms with Crippen LogP contribution in [0, 0.1) is 0 Å². The van der Waals surface area contributed by atoms with Crippen LogP contribution in [0.3, 0.4) is 0 Å². The minimum Gasteiger partial charge on any atom is -0.319 e. The van der Waals surface area contributed by atoms with Crippen molar-refractivity contribution in [2.45, 2.75) is 25.4 Å². The van der Waals surface area contributed by atoms with E-state index in [1.165, 1.54) is 16.2 Å². The molecule has 2 heterocycles. The number of benzene rings is 1. The molecule has 0 radical (unpaired) electrons. The number of halogens is 1. The van der Waals surface area contributed by atoms with Crippen molar-refractivity contribution in [2.75, 3.05) is 13.2 Å². The van der Waals surface area contributed by atoms with Crippen LogP contribution in [0.2, 0.25) is 4.34 Å². The topological polar surface area (TPSA) is 53.9 Å². The Morgan fingerprint density at radius 2 is 2.00 bits per heavy atom. The number of nitrogens with one attached hydrogen (secondary N) is 2. The molecular formula is C20H23ClN3O2S+. The summed E-state index contributed by atoms with van der Waals surface area (Å²) in [6, 6.07) is 12.9. The molecule has 7 heteroatoms. The second-order valence-electron chi connectivity index (χ2n) is 6.57. The fourth-order valence-corrected chi connectivity index (χ4v) is 4.60. The predicted octanol–water partition coefficient (Wildman–Crippen LogP) is 2.79. The Labute approximate surface area is 168 Å². The van der Waals surface area contributed by atoms with Crippen molar-refractivity contribution in [2.24, 2.45) is 0 Å². The van der Waals surface area contributed by atoms with Gasteiger partial charge in [-0.05, 0) is 30.2 Å². The Morgan fingerprint density at radius 3 is 2.59 bits per heavy atom. The third-order valence-corrected chi connectivity index (χ3v) is 6.07. The van der Waals surface area contributed by atoms with E-state index >= 15 is 0 Å². The smallest absolute Gasteiger partial charge is 0.319 e. The monoisotopic (exact) mass is 404 g/mol. The molecule has 0 bridgehead atoms. The van der Waals surface area contributed by atoms with Gasteiger partial charge in [-0.2, -0.15) is 0 Å². The minimum atomic E-state index is -0.996. The fraction of sp³-hybridized carbons (Fsp3) is 0.300. The van der Waals surface area contributed by atoms with Gasteiger partial charge in [0.05, 0.1) is 15.8 Å². The largest absolute Gasteiger partial charge is 0.329 e. The molecule has 0 spiro atoms. The molecular weight excluding hydrogens is 382 g/mol. The molecule has 1 aromatic heterocycles. The SMILES string of the molecule is C=CC[NH+](Cc1ccc(Cl)s1)CN1C(=O)N[C@](CC)(c2ccccc2)C1=O. The number of hydrogen-bond acceptors (Lipinski definition) is 3. The highest BCUT2D eigenvalue weighted by Gasteiger charge is 2.52. The molecule has 0 saturated carbocycles. The second-order valence-corrected chi connectivity index (χ2v) is 8.37. The summed E-state index contributed by atoms with van der Waals surface area (Å²) in [7, 11) is 0. The maximum atomic E-state index is 13.3. The molecule has 1 aromatic carbocycles. The Kier molecular flexibility index (Phi) is 5.99. The number of thiophene rings is 1. The van der Waals surface area contributed by atoms with E-state index in [4.69, 9.17) is 11.6 Å². The van der Waals surface area contributed by atoms with Crippen LogP contribution in [-0.2, 0) is 16.9 Å². The first kappa shape index (κ1) is 19.6. The molecule has 27 heavy (non-hydrogen) atoms. The van der Waals surface area contributed by atoms with Gasteiger partial charge in [0, 0.05) is 0 Å². The minimum absolute atomic E-state index is 0.202. The van der Waals surface area contributed by atoms with Crippen LogP contribution >= 0.6 is 22.9 Å². The van der Waals surface area contributed by atoms with E-state index in [9.17, 15) is 9.59 Å². The van der Waals surface area contributed by atoms with E-state index < -0.39 is 5.54 Å². The van der Waals surface area contributed by atoms with Crippen molar-refractivity contribution in [1.82, 2.24) is 10.2 Å². The molecule has 1 aliphatic heterocycles. The lowest BCUT2D eigenvalue weighted by Gasteiger charge is -2.26. The molecule has 1 saturated heterocycles. The zero-order chi connectivity index (χ0) is 19.4. The Hall–Kier alpha value is -2.15. The highest BCUT2D eigenvalue weighted by atomic mass is 35.5. The van der Waals surface area contributed by atoms with E-state index in [2.05, 4.69) is 11.9 Å². The van der Waals surface area contributed by atoms with E-state index in [1.807, 2.05) is 49.4 Å². The second kappa shape index (κ2) is 8.25. The molecule has 2 atom stereocenters. The number of carbonyl (C=O) groups is 2. The molecule has 3 rings (SSSR count). The van der Waals surface area contributed by atoms with E-state index in [1.54, 1.807) is 6.08 Å². The first-order chi connectivity index (χ1) is 13.0. The molecule has 0 aliphatic carbocycles. The molecule has 142 valence electrons. The van der Waals surface area contributed by atoms with Crippen LogP contribution in [0.15, 0.2) is 55.1 Å². The Balaban J connectivity index is 1.81. The summed E-state index contributed by atoms with van der Waals surface area (Å²) in [4.78, 5) is 29.4. The third kappa shape index (κ3) is 3.93. The lowest BCUT2D eigenvalue weighted by molar-refractivity contribution is -0.915. The van der Waals surface area contributed by atoms with Gasteiger partial charge in [-0.15, -0.1) is 11.3 Å². The number of urea groups is 1. The van der Waals surface area contributed by atoms with Crippen LogP contribution in [-0.4, -0.2) is 30.1 Å². The number of imide groups is 1.